The number of furan rings is 1. The standard InChI is InChI=1S/C17H16N2O4S2/c1-22-8-7-18-11-15(25-17(18)24)10-14-5-6-16(23-14)12-3-2-4-13(9-12)19(20)21/h2-6,9-10H,7-8,11H2,1H3. The molecule has 0 radical (unpaired) electrons. The smallest absolute Gasteiger partial charge is 0.270 e. The van der Waals surface area contributed by atoms with Crippen molar-refractivity contribution in [3.63, 3.8) is 0 Å². The van der Waals surface area contributed by atoms with Gasteiger partial charge in [-0.05, 0) is 18.2 Å². The molecule has 8 heteroatoms. The molecule has 0 N–H and O–H groups in total. The van der Waals surface area contributed by atoms with Crippen molar-refractivity contribution >= 4 is 40.1 Å². The number of nitrogens with zero attached hydrogens (tertiary/aromatic N) is 2. The minimum atomic E-state index is -0.417. The molecule has 1 aromatic carbocycles. The van der Waals surface area contributed by atoms with Crippen LogP contribution in [-0.2, 0) is 4.74 Å². The van der Waals surface area contributed by atoms with E-state index in [1.807, 2.05) is 18.2 Å². The van der Waals surface area contributed by atoms with Gasteiger partial charge in [-0.15, -0.1) is 0 Å². The van der Waals surface area contributed by atoms with Crippen LogP contribution in [0.5, 0.6) is 0 Å². The van der Waals surface area contributed by atoms with E-state index in [0.717, 1.165) is 22.3 Å². The van der Waals surface area contributed by atoms with Gasteiger partial charge in [0.25, 0.3) is 5.69 Å². The van der Waals surface area contributed by atoms with Crippen LogP contribution in [0.15, 0.2) is 45.7 Å². The Morgan fingerprint density at radius 1 is 1.44 bits per heavy atom. The highest BCUT2D eigenvalue weighted by Crippen LogP contribution is 2.32. The lowest BCUT2D eigenvalue weighted by molar-refractivity contribution is -0.384. The van der Waals surface area contributed by atoms with Crippen LogP contribution >= 0.6 is 24.0 Å². The minimum absolute atomic E-state index is 0.0410. The quantitative estimate of drug-likeness (QED) is 0.426. The van der Waals surface area contributed by atoms with Crippen molar-refractivity contribution in [1.82, 2.24) is 4.90 Å². The summed E-state index contributed by atoms with van der Waals surface area (Å²) in [4.78, 5) is 13.7. The van der Waals surface area contributed by atoms with Crippen molar-refractivity contribution in [1.29, 1.82) is 0 Å². The molecule has 25 heavy (non-hydrogen) atoms. The highest BCUT2D eigenvalue weighted by atomic mass is 32.2. The lowest BCUT2D eigenvalue weighted by atomic mass is 10.1. The summed E-state index contributed by atoms with van der Waals surface area (Å²) in [7, 11) is 1.67. The fourth-order valence-electron chi connectivity index (χ4n) is 2.43. The van der Waals surface area contributed by atoms with Crippen LogP contribution in [0.3, 0.4) is 0 Å². The number of thiocarbonyl (C=S) groups is 1. The van der Waals surface area contributed by atoms with Gasteiger partial charge in [-0.3, -0.25) is 10.1 Å². The van der Waals surface area contributed by atoms with E-state index < -0.39 is 4.92 Å². The van der Waals surface area contributed by atoms with Crippen LogP contribution in [-0.4, -0.2) is 40.9 Å². The van der Waals surface area contributed by atoms with Gasteiger partial charge < -0.3 is 14.1 Å². The molecule has 0 unspecified atom stereocenters. The topological polar surface area (TPSA) is 68.8 Å². The van der Waals surface area contributed by atoms with E-state index in [4.69, 9.17) is 21.4 Å². The molecule has 1 saturated heterocycles. The SMILES string of the molecule is COCCN1CC(=Cc2ccc(-c3cccc([N+](=O)[O-])c3)o2)SC1=S. The highest BCUT2D eigenvalue weighted by molar-refractivity contribution is 8.25. The number of nitro groups is 1. The predicted octanol–water partition coefficient (Wildman–Crippen LogP) is 4.18. The fourth-order valence-corrected chi connectivity index (χ4v) is 3.81. The molecule has 3 rings (SSSR count). The van der Waals surface area contributed by atoms with E-state index in [1.165, 1.54) is 12.1 Å². The van der Waals surface area contributed by atoms with E-state index in [1.54, 1.807) is 31.0 Å². The van der Waals surface area contributed by atoms with E-state index in [-0.39, 0.29) is 5.69 Å². The Morgan fingerprint density at radius 3 is 3.04 bits per heavy atom. The average Bonchev–Trinajstić information content (AvgIpc) is 3.20. The zero-order valence-electron chi connectivity index (χ0n) is 13.5. The number of hydrogen-bond acceptors (Lipinski definition) is 6. The molecular weight excluding hydrogens is 360 g/mol. The number of hydrogen-bond donors (Lipinski definition) is 0. The molecule has 1 aliphatic rings. The number of ether oxygens (including phenoxy) is 1. The van der Waals surface area contributed by atoms with Crippen molar-refractivity contribution in [2.24, 2.45) is 0 Å². The molecule has 0 spiro atoms. The average molecular weight is 376 g/mol. The first-order chi connectivity index (χ1) is 12.1. The Kier molecular flexibility index (Phi) is 5.52. The van der Waals surface area contributed by atoms with E-state index in [0.29, 0.717) is 23.7 Å². The van der Waals surface area contributed by atoms with Crippen molar-refractivity contribution < 1.29 is 14.1 Å². The van der Waals surface area contributed by atoms with Crippen molar-refractivity contribution in [3.05, 3.63) is 57.2 Å². The third kappa shape index (κ3) is 4.28. The van der Waals surface area contributed by atoms with Gasteiger partial charge in [-0.25, -0.2) is 0 Å². The number of thioether (sulfide) groups is 1. The predicted molar refractivity (Wildman–Crippen MR) is 102 cm³/mol. The van der Waals surface area contributed by atoms with Gasteiger partial charge in [0.1, 0.15) is 15.8 Å². The second kappa shape index (κ2) is 7.81. The summed E-state index contributed by atoms with van der Waals surface area (Å²) < 4.78 is 11.7. The zero-order valence-corrected chi connectivity index (χ0v) is 15.1. The summed E-state index contributed by atoms with van der Waals surface area (Å²) >= 11 is 6.91. The molecule has 130 valence electrons. The second-order valence-electron chi connectivity index (χ2n) is 5.40. The molecule has 0 saturated carbocycles. The molecule has 0 atom stereocenters. The maximum Gasteiger partial charge on any atom is 0.270 e. The Labute approximate surface area is 154 Å². The molecular formula is C17H16N2O4S2. The fraction of sp³-hybridized carbons (Fsp3) is 0.235. The number of non-ortho nitro benzene ring substituents is 1. The molecule has 0 bridgehead atoms. The largest absolute Gasteiger partial charge is 0.457 e. The summed E-state index contributed by atoms with van der Waals surface area (Å²) in [5, 5.41) is 10.9. The van der Waals surface area contributed by atoms with E-state index in [2.05, 4.69) is 4.90 Å². The Morgan fingerprint density at radius 2 is 2.28 bits per heavy atom. The summed E-state index contributed by atoms with van der Waals surface area (Å²) in [6, 6.07) is 10.1. The number of benzene rings is 1. The Balaban J connectivity index is 1.75. The first-order valence-electron chi connectivity index (χ1n) is 7.58. The monoisotopic (exact) mass is 376 g/mol. The summed E-state index contributed by atoms with van der Waals surface area (Å²) in [5.74, 6) is 1.29. The second-order valence-corrected chi connectivity index (χ2v) is 7.16. The Bertz CT molecular complexity index is 832. The molecule has 2 aromatic rings. The molecule has 1 aromatic heterocycles. The molecule has 0 aliphatic carbocycles. The third-order valence-corrected chi connectivity index (χ3v) is 5.11. The normalized spacial score (nSPS) is 16.0. The van der Waals surface area contributed by atoms with Crippen molar-refractivity contribution in [3.8, 4) is 11.3 Å². The lowest BCUT2D eigenvalue weighted by Crippen LogP contribution is -2.26. The van der Waals surface area contributed by atoms with E-state index >= 15 is 0 Å². The molecule has 1 aliphatic heterocycles. The van der Waals surface area contributed by atoms with Crippen LogP contribution in [0.1, 0.15) is 5.76 Å². The first-order valence-corrected chi connectivity index (χ1v) is 8.80. The van der Waals surface area contributed by atoms with Gasteiger partial charge in [-0.2, -0.15) is 0 Å². The number of methoxy groups -OCH3 is 1. The van der Waals surface area contributed by atoms with Crippen LogP contribution in [0.25, 0.3) is 17.4 Å². The van der Waals surface area contributed by atoms with Crippen molar-refractivity contribution in [2.45, 2.75) is 0 Å². The Hall–Kier alpha value is -2.16. The summed E-state index contributed by atoms with van der Waals surface area (Å²) in [6.07, 6.45) is 1.95. The third-order valence-electron chi connectivity index (χ3n) is 3.66. The van der Waals surface area contributed by atoms with Crippen LogP contribution in [0.2, 0.25) is 0 Å². The van der Waals surface area contributed by atoms with Crippen LogP contribution in [0, 0.1) is 10.1 Å². The molecule has 1 fully saturated rings. The van der Waals surface area contributed by atoms with Gasteiger partial charge in [-0.1, -0.05) is 36.1 Å². The molecule has 2 heterocycles. The van der Waals surface area contributed by atoms with Gasteiger partial charge in [0, 0.05) is 36.3 Å². The van der Waals surface area contributed by atoms with Gasteiger partial charge in [0.2, 0.25) is 0 Å². The van der Waals surface area contributed by atoms with Gasteiger partial charge in [0.15, 0.2) is 0 Å². The van der Waals surface area contributed by atoms with Gasteiger partial charge >= 0.3 is 0 Å². The lowest BCUT2D eigenvalue weighted by Gasteiger charge is -2.14. The summed E-state index contributed by atoms with van der Waals surface area (Å²) in [5.41, 5.74) is 0.717. The number of nitro benzene ring substituents is 1. The van der Waals surface area contributed by atoms with Crippen LogP contribution in [0.4, 0.5) is 5.69 Å². The summed E-state index contributed by atoms with van der Waals surface area (Å²) in [6.45, 7) is 2.13. The van der Waals surface area contributed by atoms with Crippen molar-refractivity contribution in [2.75, 3.05) is 26.8 Å². The van der Waals surface area contributed by atoms with Crippen LogP contribution < -0.4 is 0 Å². The minimum Gasteiger partial charge on any atom is -0.457 e. The molecule has 6 nitrogen and oxygen atoms in total. The van der Waals surface area contributed by atoms with Gasteiger partial charge in [0.05, 0.1) is 18.1 Å². The van der Waals surface area contributed by atoms with E-state index in [9.17, 15) is 10.1 Å². The molecule has 0 amide bonds. The highest BCUT2D eigenvalue weighted by Gasteiger charge is 2.22. The first kappa shape index (κ1) is 17.7. The maximum absolute atomic E-state index is 10.9. The maximum atomic E-state index is 10.9. The number of rotatable bonds is 6. The zero-order chi connectivity index (χ0) is 17.8.